The number of hydrogen-bond acceptors (Lipinski definition) is 7. The number of aromatic nitrogens is 5. The van der Waals surface area contributed by atoms with Gasteiger partial charge in [-0.05, 0) is 40.4 Å². The van der Waals surface area contributed by atoms with Crippen molar-refractivity contribution in [1.82, 2.24) is 25.2 Å². The molecule has 1 aromatic carbocycles. The zero-order chi connectivity index (χ0) is 15.8. The summed E-state index contributed by atoms with van der Waals surface area (Å²) >= 11 is 2.79. The summed E-state index contributed by atoms with van der Waals surface area (Å²) in [7, 11) is 0. The van der Waals surface area contributed by atoms with Gasteiger partial charge in [0.1, 0.15) is 11.2 Å². The average Bonchev–Trinajstić information content (AvgIpc) is 3.27. The van der Waals surface area contributed by atoms with Crippen molar-refractivity contribution in [2.45, 2.75) is 6.92 Å². The van der Waals surface area contributed by atoms with Crippen LogP contribution in [-0.2, 0) is 0 Å². The number of nitrogens with one attached hydrogen (secondary N) is 1. The third-order valence-electron chi connectivity index (χ3n) is 3.29. The summed E-state index contributed by atoms with van der Waals surface area (Å²) in [5.74, 6) is -0.220. The number of rotatable bonds is 3. The fraction of sp³-hybridized carbons (Fsp3) is 0.0714. The van der Waals surface area contributed by atoms with Crippen molar-refractivity contribution in [1.29, 1.82) is 0 Å². The molecule has 0 unspecified atom stereocenters. The zero-order valence-electron chi connectivity index (χ0n) is 11.9. The Labute approximate surface area is 138 Å². The SMILES string of the molecule is Cc1cccc2sc(NC(=O)c3sccc3-n3cnnn3)nc12. The highest BCUT2D eigenvalue weighted by Gasteiger charge is 2.17. The number of aryl methyl sites for hydroxylation is 1. The Balaban J connectivity index is 1.65. The third kappa shape index (κ3) is 2.49. The van der Waals surface area contributed by atoms with Gasteiger partial charge < -0.3 is 0 Å². The van der Waals surface area contributed by atoms with Gasteiger partial charge in [-0.1, -0.05) is 23.5 Å². The van der Waals surface area contributed by atoms with Gasteiger partial charge in [0.05, 0.1) is 15.9 Å². The first-order valence-electron chi connectivity index (χ1n) is 6.71. The largest absolute Gasteiger partial charge is 0.297 e. The van der Waals surface area contributed by atoms with Crippen molar-refractivity contribution in [3.63, 3.8) is 0 Å². The van der Waals surface area contributed by atoms with Gasteiger partial charge in [-0.15, -0.1) is 16.4 Å². The number of thiophene rings is 1. The van der Waals surface area contributed by atoms with E-state index in [1.807, 2.05) is 30.5 Å². The van der Waals surface area contributed by atoms with Gasteiger partial charge in [0, 0.05) is 0 Å². The van der Waals surface area contributed by atoms with Crippen molar-refractivity contribution in [2.24, 2.45) is 0 Å². The van der Waals surface area contributed by atoms with Crippen LogP contribution in [0.3, 0.4) is 0 Å². The third-order valence-corrected chi connectivity index (χ3v) is 5.13. The Morgan fingerprint density at radius 1 is 1.30 bits per heavy atom. The van der Waals surface area contributed by atoms with Gasteiger partial charge in [0.15, 0.2) is 5.13 Å². The van der Waals surface area contributed by atoms with Gasteiger partial charge in [-0.25, -0.2) is 4.98 Å². The second-order valence-corrected chi connectivity index (χ2v) is 6.73. The maximum atomic E-state index is 12.5. The normalized spacial score (nSPS) is 11.0. The molecule has 23 heavy (non-hydrogen) atoms. The number of anilines is 1. The number of thiazole rings is 1. The molecule has 4 rings (SSSR count). The molecule has 0 atom stereocenters. The Hall–Kier alpha value is -2.65. The van der Waals surface area contributed by atoms with Crippen LogP contribution in [0.4, 0.5) is 5.13 Å². The standard InChI is InChI=1S/C14H10N6OS2/c1-8-3-2-4-10-11(8)16-14(23-10)17-13(21)12-9(5-6-22-12)20-7-15-18-19-20/h2-7H,1H3,(H,16,17,21). The number of carbonyl (C=O) groups is 1. The van der Waals surface area contributed by atoms with E-state index in [1.165, 1.54) is 33.7 Å². The Bertz CT molecular complexity index is 988. The fourth-order valence-corrected chi connectivity index (χ4v) is 3.93. The first kappa shape index (κ1) is 14.0. The molecular weight excluding hydrogens is 332 g/mol. The minimum Gasteiger partial charge on any atom is -0.297 e. The molecule has 0 radical (unpaired) electrons. The van der Waals surface area contributed by atoms with E-state index in [1.54, 1.807) is 6.07 Å². The summed E-state index contributed by atoms with van der Waals surface area (Å²) in [6, 6.07) is 7.78. The number of nitrogens with zero attached hydrogens (tertiary/aromatic N) is 5. The first-order valence-corrected chi connectivity index (χ1v) is 8.40. The molecule has 7 nitrogen and oxygen atoms in total. The lowest BCUT2D eigenvalue weighted by Crippen LogP contribution is -2.12. The molecule has 3 heterocycles. The van der Waals surface area contributed by atoms with E-state index in [2.05, 4.69) is 25.8 Å². The van der Waals surface area contributed by atoms with Crippen molar-refractivity contribution < 1.29 is 4.79 Å². The monoisotopic (exact) mass is 342 g/mol. The Morgan fingerprint density at radius 2 is 2.22 bits per heavy atom. The maximum Gasteiger partial charge on any atom is 0.269 e. The Kier molecular flexibility index (Phi) is 3.36. The molecule has 1 amide bonds. The van der Waals surface area contributed by atoms with Crippen LogP contribution in [0, 0.1) is 6.92 Å². The quantitative estimate of drug-likeness (QED) is 0.619. The van der Waals surface area contributed by atoms with Crippen LogP contribution in [0.5, 0.6) is 0 Å². The fourth-order valence-electron chi connectivity index (χ4n) is 2.22. The van der Waals surface area contributed by atoms with Crippen LogP contribution >= 0.6 is 22.7 Å². The van der Waals surface area contributed by atoms with E-state index in [9.17, 15) is 4.79 Å². The van der Waals surface area contributed by atoms with Crippen LogP contribution in [0.15, 0.2) is 36.0 Å². The van der Waals surface area contributed by atoms with E-state index in [0.717, 1.165) is 15.8 Å². The molecule has 114 valence electrons. The van der Waals surface area contributed by atoms with Crippen LogP contribution in [-0.4, -0.2) is 31.1 Å². The highest BCUT2D eigenvalue weighted by molar-refractivity contribution is 7.22. The lowest BCUT2D eigenvalue weighted by atomic mass is 10.2. The van der Waals surface area contributed by atoms with Crippen molar-refractivity contribution in [3.05, 3.63) is 46.4 Å². The maximum absolute atomic E-state index is 12.5. The average molecular weight is 342 g/mol. The summed E-state index contributed by atoms with van der Waals surface area (Å²) in [6.45, 7) is 2.00. The molecule has 4 aromatic rings. The molecule has 0 fully saturated rings. The van der Waals surface area contributed by atoms with Crippen molar-refractivity contribution in [3.8, 4) is 5.69 Å². The summed E-state index contributed by atoms with van der Waals surface area (Å²) < 4.78 is 2.51. The highest BCUT2D eigenvalue weighted by Crippen LogP contribution is 2.29. The topological polar surface area (TPSA) is 85.6 Å². The van der Waals surface area contributed by atoms with Gasteiger partial charge in [-0.3, -0.25) is 10.1 Å². The van der Waals surface area contributed by atoms with Gasteiger partial charge in [0.2, 0.25) is 0 Å². The molecule has 0 saturated carbocycles. The molecule has 0 aliphatic heterocycles. The molecule has 0 bridgehead atoms. The van der Waals surface area contributed by atoms with E-state index in [4.69, 9.17) is 0 Å². The molecule has 0 aliphatic rings. The number of tetrazole rings is 1. The van der Waals surface area contributed by atoms with Crippen LogP contribution in [0.1, 0.15) is 15.2 Å². The molecular formula is C14H10N6OS2. The predicted octanol–water partition coefficient (Wildman–Crippen LogP) is 2.89. The molecule has 0 saturated heterocycles. The van der Waals surface area contributed by atoms with Crippen LogP contribution in [0.25, 0.3) is 15.9 Å². The number of amides is 1. The lowest BCUT2D eigenvalue weighted by molar-refractivity contribution is 0.103. The van der Waals surface area contributed by atoms with E-state index in [0.29, 0.717) is 15.7 Å². The number of fused-ring (bicyclic) bond motifs is 1. The van der Waals surface area contributed by atoms with Gasteiger partial charge in [0.25, 0.3) is 5.91 Å². The number of para-hydroxylation sites is 1. The molecule has 3 aromatic heterocycles. The molecule has 0 spiro atoms. The lowest BCUT2D eigenvalue weighted by Gasteiger charge is -2.02. The minimum absolute atomic E-state index is 0.220. The van der Waals surface area contributed by atoms with Gasteiger partial charge >= 0.3 is 0 Å². The van der Waals surface area contributed by atoms with Gasteiger partial charge in [-0.2, -0.15) is 4.68 Å². The first-order chi connectivity index (χ1) is 11.2. The van der Waals surface area contributed by atoms with Crippen LogP contribution in [0.2, 0.25) is 0 Å². The van der Waals surface area contributed by atoms with Crippen LogP contribution < -0.4 is 5.32 Å². The molecule has 0 aliphatic carbocycles. The molecule has 1 N–H and O–H groups in total. The zero-order valence-corrected chi connectivity index (χ0v) is 13.6. The minimum atomic E-state index is -0.220. The van der Waals surface area contributed by atoms with Crippen molar-refractivity contribution in [2.75, 3.05) is 5.32 Å². The van der Waals surface area contributed by atoms with E-state index >= 15 is 0 Å². The summed E-state index contributed by atoms with van der Waals surface area (Å²) in [5.41, 5.74) is 2.65. The second-order valence-electron chi connectivity index (χ2n) is 4.78. The number of benzene rings is 1. The number of hydrogen-bond donors (Lipinski definition) is 1. The Morgan fingerprint density at radius 3 is 3.00 bits per heavy atom. The summed E-state index contributed by atoms with van der Waals surface area (Å²) in [4.78, 5) is 17.6. The van der Waals surface area contributed by atoms with Crippen molar-refractivity contribution >= 4 is 43.9 Å². The second kappa shape index (κ2) is 5.52. The number of carbonyl (C=O) groups excluding carboxylic acids is 1. The predicted molar refractivity (Wildman–Crippen MR) is 89.3 cm³/mol. The summed E-state index contributed by atoms with van der Waals surface area (Å²) in [5, 5.41) is 16.3. The smallest absolute Gasteiger partial charge is 0.269 e. The van der Waals surface area contributed by atoms with E-state index in [-0.39, 0.29) is 5.91 Å². The molecule has 9 heteroatoms. The summed E-state index contributed by atoms with van der Waals surface area (Å²) in [6.07, 6.45) is 1.46. The highest BCUT2D eigenvalue weighted by atomic mass is 32.1. The van der Waals surface area contributed by atoms with E-state index < -0.39 is 0 Å².